The molecule has 0 heterocycles. The van der Waals surface area contributed by atoms with Crippen molar-refractivity contribution >= 4 is 29.6 Å². The molecule has 0 amide bonds. The minimum atomic E-state index is 0.637. The first-order chi connectivity index (χ1) is 7.84. The van der Waals surface area contributed by atoms with Gasteiger partial charge in [-0.1, -0.05) is 36.7 Å². The second-order valence-corrected chi connectivity index (χ2v) is 4.72. The number of hydrogen-bond donors (Lipinski definition) is 1. The monoisotopic (exact) mass is 258 g/mol. The van der Waals surface area contributed by atoms with Gasteiger partial charge in [0.1, 0.15) is 0 Å². The fourth-order valence-corrected chi connectivity index (χ4v) is 1.68. The lowest BCUT2D eigenvalue weighted by atomic mass is 10.2. The number of thioether (sulfide) groups is 1. The predicted molar refractivity (Wildman–Crippen MR) is 71.1 cm³/mol. The lowest BCUT2D eigenvalue weighted by Gasteiger charge is -2.01. The summed E-state index contributed by atoms with van der Waals surface area (Å²) in [6.07, 6.45) is 1.63. The van der Waals surface area contributed by atoms with Crippen LogP contribution < -0.4 is 5.59 Å². The number of nitrogens with zero attached hydrogens (tertiary/aromatic N) is 1. The Morgan fingerprint density at radius 2 is 2.31 bits per heavy atom. The Balaban J connectivity index is 2.20. The Morgan fingerprint density at radius 1 is 1.50 bits per heavy atom. The molecule has 0 aliphatic heterocycles. The summed E-state index contributed by atoms with van der Waals surface area (Å²) in [5.74, 6) is 2.07. The van der Waals surface area contributed by atoms with Crippen LogP contribution in [0.4, 0.5) is 0 Å². The third kappa shape index (κ3) is 5.39. The molecule has 0 aromatic heterocycles. The molecule has 1 aromatic carbocycles. The second-order valence-electron chi connectivity index (χ2n) is 2.92. The van der Waals surface area contributed by atoms with Gasteiger partial charge < -0.3 is 0 Å². The molecule has 5 heteroatoms. The van der Waals surface area contributed by atoms with Crippen molar-refractivity contribution in [1.29, 1.82) is 0 Å². The summed E-state index contributed by atoms with van der Waals surface area (Å²) in [7, 11) is 0. The van der Waals surface area contributed by atoms with Gasteiger partial charge in [-0.25, -0.2) is 0 Å². The summed E-state index contributed by atoms with van der Waals surface area (Å²) in [5, 5.41) is 4.58. The molecule has 0 aliphatic rings. The molecule has 0 atom stereocenters. The van der Waals surface area contributed by atoms with Gasteiger partial charge in [0, 0.05) is 16.3 Å². The van der Waals surface area contributed by atoms with Crippen LogP contribution in [0.5, 0.6) is 0 Å². The first-order valence-corrected chi connectivity index (χ1v) is 6.60. The minimum absolute atomic E-state index is 0.637. The standard InChI is InChI=1S/C11H15ClN2OS/c1-2-16-8-7-15-14-13-9-10-5-3-4-6-11(10)12/h3-6,9,14H,2,7-8H2,1H3. The van der Waals surface area contributed by atoms with Crippen LogP contribution in [0.1, 0.15) is 12.5 Å². The predicted octanol–water partition coefficient (Wildman–Crippen LogP) is 2.95. The van der Waals surface area contributed by atoms with Crippen LogP contribution in [-0.4, -0.2) is 24.3 Å². The smallest absolute Gasteiger partial charge is 0.0854 e. The highest BCUT2D eigenvalue weighted by atomic mass is 35.5. The van der Waals surface area contributed by atoms with E-state index in [1.54, 1.807) is 6.21 Å². The van der Waals surface area contributed by atoms with Crippen LogP contribution in [0.25, 0.3) is 0 Å². The van der Waals surface area contributed by atoms with E-state index in [1.807, 2.05) is 36.0 Å². The Hall–Kier alpha value is -0.710. The van der Waals surface area contributed by atoms with Crippen LogP contribution in [0.3, 0.4) is 0 Å². The first kappa shape index (κ1) is 13.4. The van der Waals surface area contributed by atoms with Crippen molar-refractivity contribution in [3.8, 4) is 0 Å². The minimum Gasteiger partial charge on any atom is -0.258 e. The average molecular weight is 259 g/mol. The van der Waals surface area contributed by atoms with E-state index < -0.39 is 0 Å². The number of benzene rings is 1. The van der Waals surface area contributed by atoms with Gasteiger partial charge in [-0.2, -0.15) is 22.5 Å². The molecule has 0 saturated heterocycles. The highest BCUT2D eigenvalue weighted by molar-refractivity contribution is 7.99. The Kier molecular flexibility index (Phi) is 7.05. The van der Waals surface area contributed by atoms with Crippen molar-refractivity contribution in [3.05, 3.63) is 34.9 Å². The summed E-state index contributed by atoms with van der Waals surface area (Å²) < 4.78 is 0. The first-order valence-electron chi connectivity index (χ1n) is 5.06. The van der Waals surface area contributed by atoms with Crippen molar-refractivity contribution in [2.45, 2.75) is 6.92 Å². The summed E-state index contributed by atoms with van der Waals surface area (Å²) in [4.78, 5) is 5.09. The third-order valence-electron chi connectivity index (χ3n) is 1.76. The zero-order valence-corrected chi connectivity index (χ0v) is 10.7. The van der Waals surface area contributed by atoms with Gasteiger partial charge in [0.05, 0.1) is 12.8 Å². The van der Waals surface area contributed by atoms with Gasteiger partial charge in [-0.05, 0) is 11.8 Å². The van der Waals surface area contributed by atoms with Crippen LogP contribution >= 0.6 is 23.4 Å². The number of nitrogens with one attached hydrogen (secondary N) is 1. The fourth-order valence-electron chi connectivity index (χ4n) is 1.00. The lowest BCUT2D eigenvalue weighted by Crippen LogP contribution is -2.10. The molecular formula is C11H15ClN2OS. The molecule has 0 saturated carbocycles. The maximum Gasteiger partial charge on any atom is 0.0854 e. The van der Waals surface area contributed by atoms with E-state index in [1.165, 1.54) is 0 Å². The summed E-state index contributed by atoms with van der Waals surface area (Å²) in [6, 6.07) is 7.50. The molecule has 0 unspecified atom stereocenters. The number of rotatable bonds is 7. The molecule has 1 rings (SSSR count). The van der Waals surface area contributed by atoms with E-state index in [0.29, 0.717) is 11.6 Å². The van der Waals surface area contributed by atoms with Crippen LogP contribution in [0, 0.1) is 0 Å². The van der Waals surface area contributed by atoms with Gasteiger partial charge in [0.2, 0.25) is 0 Å². The maximum atomic E-state index is 5.94. The molecule has 1 N–H and O–H groups in total. The van der Waals surface area contributed by atoms with Gasteiger partial charge in [0.15, 0.2) is 0 Å². The van der Waals surface area contributed by atoms with Crippen molar-refractivity contribution in [1.82, 2.24) is 5.59 Å². The van der Waals surface area contributed by atoms with E-state index in [-0.39, 0.29) is 0 Å². The normalized spacial score (nSPS) is 10.9. The van der Waals surface area contributed by atoms with Crippen molar-refractivity contribution in [2.24, 2.45) is 5.10 Å². The van der Waals surface area contributed by atoms with E-state index >= 15 is 0 Å². The molecule has 0 spiro atoms. The largest absolute Gasteiger partial charge is 0.258 e. The molecule has 1 aromatic rings. The van der Waals surface area contributed by atoms with Crippen LogP contribution in [0.2, 0.25) is 5.02 Å². The van der Waals surface area contributed by atoms with Crippen molar-refractivity contribution < 1.29 is 4.84 Å². The molecule has 0 fully saturated rings. The zero-order chi connectivity index (χ0) is 11.6. The van der Waals surface area contributed by atoms with Crippen molar-refractivity contribution in [2.75, 3.05) is 18.1 Å². The average Bonchev–Trinajstić information content (AvgIpc) is 2.30. The highest BCUT2D eigenvalue weighted by Crippen LogP contribution is 2.11. The molecule has 0 bridgehead atoms. The Labute approximate surface area is 105 Å². The molecular weight excluding hydrogens is 244 g/mol. The number of hydrogen-bond acceptors (Lipinski definition) is 4. The SMILES string of the molecule is CCSCCONN=Cc1ccccc1Cl. The lowest BCUT2D eigenvalue weighted by molar-refractivity contribution is 0.0556. The van der Waals surface area contributed by atoms with E-state index in [2.05, 4.69) is 17.6 Å². The molecule has 16 heavy (non-hydrogen) atoms. The van der Waals surface area contributed by atoms with E-state index in [9.17, 15) is 0 Å². The van der Waals surface area contributed by atoms with Gasteiger partial charge in [0.25, 0.3) is 0 Å². The maximum absolute atomic E-state index is 5.94. The summed E-state index contributed by atoms with van der Waals surface area (Å²) >= 11 is 7.77. The van der Waals surface area contributed by atoms with Gasteiger partial charge >= 0.3 is 0 Å². The Bertz CT molecular complexity index is 334. The third-order valence-corrected chi connectivity index (χ3v) is 2.97. The van der Waals surface area contributed by atoms with Gasteiger partial charge in [-0.3, -0.25) is 4.84 Å². The van der Waals surface area contributed by atoms with Crippen molar-refractivity contribution in [3.63, 3.8) is 0 Å². The highest BCUT2D eigenvalue weighted by Gasteiger charge is 1.93. The Morgan fingerprint density at radius 3 is 3.06 bits per heavy atom. The number of halogens is 1. The molecule has 0 radical (unpaired) electrons. The van der Waals surface area contributed by atoms with Crippen LogP contribution in [-0.2, 0) is 4.84 Å². The zero-order valence-electron chi connectivity index (χ0n) is 9.15. The van der Waals surface area contributed by atoms with E-state index in [4.69, 9.17) is 16.4 Å². The number of hydrazone groups is 1. The molecule has 88 valence electrons. The topological polar surface area (TPSA) is 33.6 Å². The molecule has 0 aliphatic carbocycles. The quantitative estimate of drug-likeness (QED) is 0.464. The summed E-state index contributed by atoms with van der Waals surface area (Å²) in [5.41, 5.74) is 3.38. The fraction of sp³-hybridized carbons (Fsp3) is 0.364. The molecule has 3 nitrogen and oxygen atoms in total. The van der Waals surface area contributed by atoms with Gasteiger partial charge in [-0.15, -0.1) is 0 Å². The van der Waals surface area contributed by atoms with Crippen LogP contribution in [0.15, 0.2) is 29.4 Å². The van der Waals surface area contributed by atoms with E-state index in [0.717, 1.165) is 17.1 Å². The second kappa shape index (κ2) is 8.44. The summed E-state index contributed by atoms with van der Waals surface area (Å²) in [6.45, 7) is 2.76.